The Labute approximate surface area is 72.6 Å². The topological polar surface area (TPSA) is 97.8 Å². The van der Waals surface area contributed by atoms with Crippen molar-refractivity contribution in [2.75, 3.05) is 0 Å². The average Bonchev–Trinajstić information content (AvgIpc) is 2.82. The van der Waals surface area contributed by atoms with E-state index in [0.29, 0.717) is 0 Å². The normalized spacial score (nSPS) is 8.62. The van der Waals surface area contributed by atoms with Gasteiger partial charge in [-0.25, -0.2) is 9.97 Å². The third kappa shape index (κ3) is 3.14. The van der Waals surface area contributed by atoms with Gasteiger partial charge < -0.3 is 14.5 Å². The number of nitrogens with one attached hydrogen (secondary N) is 1. The molecule has 68 valence electrons. The standard InChI is InChI=1S/C3H3N3O2.C3H3NO/c7-6(8)3-4-1-2-5-3;1-2-5-3-4-1/h1-2H,(H,4,5);1-3H. The minimum atomic E-state index is -0.583. The Bertz CT molecular complexity index is 311. The molecule has 1 N–H and O–H groups in total. The van der Waals surface area contributed by atoms with Crippen LogP contribution in [0.4, 0.5) is 5.95 Å². The SMILES string of the molecule is O=[N+]([O-])c1ncc[nH]1.c1cocn1. The van der Waals surface area contributed by atoms with Gasteiger partial charge in [0.1, 0.15) is 12.5 Å². The number of oxazole rings is 1. The van der Waals surface area contributed by atoms with Crippen LogP contribution in [-0.2, 0) is 0 Å². The molecular weight excluding hydrogens is 176 g/mol. The van der Waals surface area contributed by atoms with Crippen LogP contribution in [0.3, 0.4) is 0 Å². The summed E-state index contributed by atoms with van der Waals surface area (Å²) >= 11 is 0. The third-order valence-electron chi connectivity index (χ3n) is 1.00. The molecule has 7 nitrogen and oxygen atoms in total. The highest BCUT2D eigenvalue weighted by molar-refractivity contribution is 5.00. The summed E-state index contributed by atoms with van der Waals surface area (Å²) in [4.78, 5) is 18.4. The molecule has 0 amide bonds. The predicted octanol–water partition coefficient (Wildman–Crippen LogP) is 0.992. The Balaban J connectivity index is 0.000000145. The summed E-state index contributed by atoms with van der Waals surface area (Å²) in [5, 5.41) is 9.77. The molecule has 2 aromatic rings. The van der Waals surface area contributed by atoms with E-state index in [1.165, 1.54) is 25.1 Å². The van der Waals surface area contributed by atoms with Crippen LogP contribution in [0.1, 0.15) is 0 Å². The van der Waals surface area contributed by atoms with Gasteiger partial charge in [0.2, 0.25) is 0 Å². The second kappa shape index (κ2) is 4.65. The zero-order valence-electron chi connectivity index (χ0n) is 6.45. The van der Waals surface area contributed by atoms with Gasteiger partial charge in [-0.3, -0.25) is 0 Å². The smallest absolute Gasteiger partial charge is 0.432 e. The van der Waals surface area contributed by atoms with E-state index < -0.39 is 4.92 Å². The molecule has 2 heterocycles. The molecule has 0 saturated carbocycles. The molecule has 2 aromatic heterocycles. The van der Waals surface area contributed by atoms with Gasteiger partial charge in [-0.2, -0.15) is 0 Å². The van der Waals surface area contributed by atoms with Gasteiger partial charge in [-0.15, -0.1) is 0 Å². The van der Waals surface area contributed by atoms with Crippen molar-refractivity contribution < 1.29 is 9.34 Å². The van der Waals surface area contributed by atoms with Crippen molar-refractivity contribution in [2.24, 2.45) is 0 Å². The lowest BCUT2D eigenvalue weighted by molar-refractivity contribution is -0.393. The molecule has 7 heteroatoms. The van der Waals surface area contributed by atoms with Crippen LogP contribution in [0.15, 0.2) is 35.7 Å². The Kier molecular flexibility index (Phi) is 3.19. The Morgan fingerprint density at radius 3 is 2.62 bits per heavy atom. The molecule has 0 bridgehead atoms. The van der Waals surface area contributed by atoms with Gasteiger partial charge in [0.05, 0.1) is 12.4 Å². The minimum absolute atomic E-state index is 0.218. The summed E-state index contributed by atoms with van der Waals surface area (Å²) < 4.78 is 4.47. The molecule has 0 saturated heterocycles. The molecule has 0 aliphatic carbocycles. The van der Waals surface area contributed by atoms with Gasteiger partial charge in [0.25, 0.3) is 0 Å². The molecule has 2 rings (SSSR count). The summed E-state index contributed by atoms with van der Waals surface area (Å²) in [6, 6.07) is 0. The van der Waals surface area contributed by atoms with E-state index in [1.54, 1.807) is 6.20 Å². The maximum absolute atomic E-state index is 9.77. The molecule has 0 radical (unpaired) electrons. The predicted molar refractivity (Wildman–Crippen MR) is 41.7 cm³/mol. The first-order valence-electron chi connectivity index (χ1n) is 3.26. The van der Waals surface area contributed by atoms with E-state index >= 15 is 0 Å². The highest BCUT2D eigenvalue weighted by Crippen LogP contribution is 1.96. The van der Waals surface area contributed by atoms with Crippen molar-refractivity contribution in [2.45, 2.75) is 0 Å². The lowest BCUT2D eigenvalue weighted by Crippen LogP contribution is -1.88. The molecule has 0 aliphatic heterocycles. The van der Waals surface area contributed by atoms with E-state index in [4.69, 9.17) is 0 Å². The first-order valence-corrected chi connectivity index (χ1v) is 3.26. The van der Waals surface area contributed by atoms with Crippen molar-refractivity contribution in [1.29, 1.82) is 0 Å². The van der Waals surface area contributed by atoms with E-state index in [1.807, 2.05) is 0 Å². The fraction of sp³-hybridized carbons (Fsp3) is 0. The number of H-pyrrole nitrogens is 1. The molecule has 13 heavy (non-hydrogen) atoms. The fourth-order valence-corrected chi connectivity index (χ4v) is 0.532. The summed E-state index contributed by atoms with van der Waals surface area (Å²) in [6.45, 7) is 0. The second-order valence-electron chi connectivity index (χ2n) is 1.85. The zero-order valence-corrected chi connectivity index (χ0v) is 6.45. The molecule has 0 aromatic carbocycles. The van der Waals surface area contributed by atoms with Gasteiger partial charge >= 0.3 is 5.95 Å². The van der Waals surface area contributed by atoms with Crippen LogP contribution in [0.25, 0.3) is 0 Å². The number of aromatic nitrogens is 3. The largest absolute Gasteiger partial charge is 0.452 e. The van der Waals surface area contributed by atoms with Gasteiger partial charge in [-0.1, -0.05) is 4.98 Å². The molecular formula is C6H6N4O3. The maximum Gasteiger partial charge on any atom is 0.432 e. The Morgan fingerprint density at radius 1 is 1.54 bits per heavy atom. The van der Waals surface area contributed by atoms with Gasteiger partial charge in [0.15, 0.2) is 6.39 Å². The monoisotopic (exact) mass is 182 g/mol. The summed E-state index contributed by atoms with van der Waals surface area (Å²) in [5.74, 6) is -0.218. The van der Waals surface area contributed by atoms with Crippen LogP contribution in [0.5, 0.6) is 0 Å². The van der Waals surface area contributed by atoms with E-state index in [2.05, 4.69) is 19.4 Å². The number of aromatic amines is 1. The van der Waals surface area contributed by atoms with Gasteiger partial charge in [0, 0.05) is 0 Å². The second-order valence-corrected chi connectivity index (χ2v) is 1.85. The Hall–Kier alpha value is -2.18. The van der Waals surface area contributed by atoms with Crippen LogP contribution < -0.4 is 0 Å². The lowest BCUT2D eigenvalue weighted by atomic mass is 11.0. The van der Waals surface area contributed by atoms with Gasteiger partial charge in [-0.05, 0) is 4.92 Å². The number of hydrogen-bond donors (Lipinski definition) is 1. The highest BCUT2D eigenvalue weighted by Gasteiger charge is 2.01. The van der Waals surface area contributed by atoms with E-state index in [-0.39, 0.29) is 5.95 Å². The lowest BCUT2D eigenvalue weighted by Gasteiger charge is -1.83. The van der Waals surface area contributed by atoms with Crippen LogP contribution >= 0.6 is 0 Å². The summed E-state index contributed by atoms with van der Waals surface area (Å²) in [6.07, 6.45) is 7.20. The molecule has 0 unspecified atom stereocenters. The van der Waals surface area contributed by atoms with Crippen LogP contribution in [0, 0.1) is 10.1 Å². The number of nitro groups is 1. The highest BCUT2D eigenvalue weighted by atomic mass is 16.6. The van der Waals surface area contributed by atoms with Crippen molar-refractivity contribution in [3.63, 3.8) is 0 Å². The minimum Gasteiger partial charge on any atom is -0.452 e. The van der Waals surface area contributed by atoms with E-state index in [9.17, 15) is 10.1 Å². The van der Waals surface area contributed by atoms with Crippen LogP contribution in [0.2, 0.25) is 0 Å². The Morgan fingerprint density at radius 2 is 2.38 bits per heavy atom. The number of imidazole rings is 1. The van der Waals surface area contributed by atoms with Crippen LogP contribution in [-0.4, -0.2) is 19.9 Å². The fourth-order valence-electron chi connectivity index (χ4n) is 0.532. The summed E-state index contributed by atoms with van der Waals surface area (Å²) in [5.41, 5.74) is 0. The first-order chi connectivity index (χ1) is 6.30. The third-order valence-corrected chi connectivity index (χ3v) is 1.00. The average molecular weight is 182 g/mol. The quantitative estimate of drug-likeness (QED) is 0.523. The molecule has 0 atom stereocenters. The number of nitrogens with zero attached hydrogens (tertiary/aromatic N) is 3. The van der Waals surface area contributed by atoms with Crippen molar-refractivity contribution >= 4 is 5.95 Å². The zero-order chi connectivity index (χ0) is 9.52. The van der Waals surface area contributed by atoms with Crippen molar-refractivity contribution in [3.05, 3.63) is 41.4 Å². The first kappa shape index (κ1) is 8.91. The molecule has 0 spiro atoms. The number of rotatable bonds is 1. The van der Waals surface area contributed by atoms with E-state index in [0.717, 1.165) is 0 Å². The molecule has 0 fully saturated rings. The van der Waals surface area contributed by atoms with Crippen molar-refractivity contribution in [1.82, 2.24) is 15.0 Å². The maximum atomic E-state index is 9.77. The van der Waals surface area contributed by atoms with Crippen molar-refractivity contribution in [3.8, 4) is 0 Å². The molecule has 0 aliphatic rings. The number of hydrogen-bond acceptors (Lipinski definition) is 5. The summed E-state index contributed by atoms with van der Waals surface area (Å²) in [7, 11) is 0.